The van der Waals surface area contributed by atoms with Gasteiger partial charge in [-0.2, -0.15) is 0 Å². The van der Waals surface area contributed by atoms with E-state index in [1.165, 1.54) is 0 Å². The molecule has 0 aromatic heterocycles. The van der Waals surface area contributed by atoms with E-state index in [-0.39, 0.29) is 12.1 Å². The second-order valence-electron chi connectivity index (χ2n) is 6.45. The Balaban J connectivity index is 1.82. The highest BCUT2D eigenvalue weighted by Crippen LogP contribution is 2.39. The topological polar surface area (TPSA) is 50.8 Å². The molecule has 0 fully saturated rings. The Morgan fingerprint density at radius 1 is 0.964 bits per heavy atom. The van der Waals surface area contributed by atoms with Gasteiger partial charge in [-0.1, -0.05) is 36.4 Å². The Morgan fingerprint density at radius 2 is 1.71 bits per heavy atom. The van der Waals surface area contributed by atoms with E-state index in [1.807, 2.05) is 79.7 Å². The number of ether oxygens (including phenoxy) is 2. The van der Waals surface area contributed by atoms with E-state index in [2.05, 4.69) is 5.32 Å². The molecular formula is C23H22N2O3. The van der Waals surface area contributed by atoms with E-state index in [9.17, 15) is 4.79 Å². The van der Waals surface area contributed by atoms with Gasteiger partial charge in [0, 0.05) is 11.4 Å². The Morgan fingerprint density at radius 3 is 2.46 bits per heavy atom. The number of amides is 1. The molecule has 142 valence electrons. The van der Waals surface area contributed by atoms with Crippen molar-refractivity contribution >= 4 is 17.3 Å². The fraction of sp³-hybridized carbons (Fsp3) is 0.174. The van der Waals surface area contributed by atoms with Crippen LogP contribution in [0.15, 0.2) is 72.8 Å². The molecule has 1 unspecified atom stereocenters. The Labute approximate surface area is 164 Å². The van der Waals surface area contributed by atoms with Gasteiger partial charge in [-0.3, -0.25) is 9.69 Å². The number of para-hydroxylation sites is 2. The first-order chi connectivity index (χ1) is 13.7. The number of hydrogen-bond acceptors (Lipinski definition) is 4. The van der Waals surface area contributed by atoms with Crippen LogP contribution in [0, 0.1) is 0 Å². The van der Waals surface area contributed by atoms with Crippen molar-refractivity contribution in [3.8, 4) is 11.5 Å². The highest BCUT2D eigenvalue weighted by Gasteiger charge is 2.34. The van der Waals surface area contributed by atoms with Crippen molar-refractivity contribution in [3.63, 3.8) is 0 Å². The van der Waals surface area contributed by atoms with Crippen LogP contribution in [0.5, 0.6) is 11.5 Å². The number of methoxy groups -OCH3 is 1. The number of anilines is 2. The number of rotatable bonds is 5. The zero-order valence-electron chi connectivity index (χ0n) is 15.9. The van der Waals surface area contributed by atoms with Crippen molar-refractivity contribution in [2.75, 3.05) is 23.9 Å². The first-order valence-corrected chi connectivity index (χ1v) is 9.28. The number of nitrogens with one attached hydrogen (secondary N) is 1. The predicted octanol–water partition coefficient (Wildman–Crippen LogP) is 4.87. The summed E-state index contributed by atoms with van der Waals surface area (Å²) in [5, 5.41) is 3.50. The summed E-state index contributed by atoms with van der Waals surface area (Å²) >= 11 is 0. The van der Waals surface area contributed by atoms with Gasteiger partial charge in [0.1, 0.15) is 6.17 Å². The molecule has 5 heteroatoms. The molecule has 1 atom stereocenters. The molecule has 0 bridgehead atoms. The maximum absolute atomic E-state index is 13.4. The molecule has 28 heavy (non-hydrogen) atoms. The predicted molar refractivity (Wildman–Crippen MR) is 110 cm³/mol. The van der Waals surface area contributed by atoms with Crippen LogP contribution in [-0.4, -0.2) is 19.6 Å². The van der Waals surface area contributed by atoms with Crippen LogP contribution in [0.4, 0.5) is 11.4 Å². The lowest BCUT2D eigenvalue weighted by Gasteiger charge is -2.38. The van der Waals surface area contributed by atoms with Crippen LogP contribution in [-0.2, 0) is 0 Å². The fourth-order valence-corrected chi connectivity index (χ4v) is 3.47. The normalized spacial score (nSPS) is 15.6. The van der Waals surface area contributed by atoms with Crippen LogP contribution < -0.4 is 19.7 Å². The molecule has 0 spiro atoms. The van der Waals surface area contributed by atoms with Gasteiger partial charge in [-0.25, -0.2) is 0 Å². The Kier molecular flexibility index (Phi) is 4.89. The number of hydrogen-bond donors (Lipinski definition) is 1. The van der Waals surface area contributed by atoms with E-state index in [1.54, 1.807) is 12.0 Å². The van der Waals surface area contributed by atoms with E-state index in [0.717, 1.165) is 16.9 Å². The SMILES string of the molecule is CCOc1ccc(C2Nc3ccccc3C(=O)N2c2ccccc2)cc1OC. The summed E-state index contributed by atoms with van der Waals surface area (Å²) in [6.45, 7) is 2.49. The number of benzene rings is 3. The van der Waals surface area contributed by atoms with Gasteiger partial charge in [0.15, 0.2) is 11.5 Å². The van der Waals surface area contributed by atoms with Crippen molar-refractivity contribution in [1.82, 2.24) is 0 Å². The molecular weight excluding hydrogens is 352 g/mol. The lowest BCUT2D eigenvalue weighted by molar-refractivity contribution is 0.0975. The Bertz CT molecular complexity index is 988. The molecule has 1 heterocycles. The molecule has 0 aliphatic carbocycles. The molecule has 1 aliphatic heterocycles. The van der Waals surface area contributed by atoms with Gasteiger partial charge in [0.2, 0.25) is 0 Å². The zero-order chi connectivity index (χ0) is 19.5. The third kappa shape index (κ3) is 3.16. The molecule has 3 aromatic rings. The fourth-order valence-electron chi connectivity index (χ4n) is 3.47. The average Bonchev–Trinajstić information content (AvgIpc) is 2.75. The van der Waals surface area contributed by atoms with Crippen molar-refractivity contribution in [3.05, 3.63) is 83.9 Å². The molecule has 0 radical (unpaired) electrons. The smallest absolute Gasteiger partial charge is 0.262 e. The number of carbonyl (C=O) groups excluding carboxylic acids is 1. The second kappa shape index (κ2) is 7.64. The minimum Gasteiger partial charge on any atom is -0.493 e. The monoisotopic (exact) mass is 374 g/mol. The van der Waals surface area contributed by atoms with Crippen LogP contribution in [0.2, 0.25) is 0 Å². The summed E-state index contributed by atoms with van der Waals surface area (Å²) in [6, 6.07) is 23.0. The molecule has 1 aliphatic rings. The highest BCUT2D eigenvalue weighted by atomic mass is 16.5. The van der Waals surface area contributed by atoms with Crippen LogP contribution in [0.3, 0.4) is 0 Å². The minimum atomic E-state index is -0.366. The van der Waals surface area contributed by atoms with Crippen molar-refractivity contribution in [1.29, 1.82) is 0 Å². The van der Waals surface area contributed by atoms with Gasteiger partial charge in [-0.15, -0.1) is 0 Å². The quantitative estimate of drug-likeness (QED) is 0.693. The zero-order valence-corrected chi connectivity index (χ0v) is 15.9. The summed E-state index contributed by atoms with van der Waals surface area (Å²) in [5.74, 6) is 1.28. The lowest BCUT2D eigenvalue weighted by atomic mass is 10.0. The maximum Gasteiger partial charge on any atom is 0.262 e. The van der Waals surface area contributed by atoms with E-state index in [0.29, 0.717) is 23.7 Å². The summed E-state index contributed by atoms with van der Waals surface area (Å²) in [7, 11) is 1.62. The number of fused-ring (bicyclic) bond motifs is 1. The van der Waals surface area contributed by atoms with Gasteiger partial charge >= 0.3 is 0 Å². The van der Waals surface area contributed by atoms with Crippen LogP contribution in [0.25, 0.3) is 0 Å². The minimum absolute atomic E-state index is 0.0431. The molecule has 1 N–H and O–H groups in total. The van der Waals surface area contributed by atoms with E-state index < -0.39 is 0 Å². The van der Waals surface area contributed by atoms with Crippen molar-refractivity contribution in [2.24, 2.45) is 0 Å². The van der Waals surface area contributed by atoms with Gasteiger partial charge in [0.05, 0.1) is 19.3 Å². The molecule has 0 saturated carbocycles. The molecule has 1 amide bonds. The standard InChI is InChI=1S/C23H22N2O3/c1-3-28-20-14-13-16(15-21(20)27-2)22-24-19-12-8-7-11-18(19)23(26)25(22)17-9-5-4-6-10-17/h4-15,22,24H,3H2,1-2H3. The highest BCUT2D eigenvalue weighted by molar-refractivity contribution is 6.12. The summed E-state index contributed by atoms with van der Waals surface area (Å²) in [5.41, 5.74) is 3.21. The Hall–Kier alpha value is -3.47. The van der Waals surface area contributed by atoms with Gasteiger partial charge < -0.3 is 14.8 Å². The van der Waals surface area contributed by atoms with E-state index >= 15 is 0 Å². The molecule has 5 nitrogen and oxygen atoms in total. The maximum atomic E-state index is 13.4. The van der Waals surface area contributed by atoms with Crippen LogP contribution in [0.1, 0.15) is 29.0 Å². The third-order valence-electron chi connectivity index (χ3n) is 4.76. The number of nitrogens with zero attached hydrogens (tertiary/aromatic N) is 1. The largest absolute Gasteiger partial charge is 0.493 e. The summed E-state index contributed by atoms with van der Waals surface area (Å²) in [6.07, 6.45) is -0.366. The average molecular weight is 374 g/mol. The van der Waals surface area contributed by atoms with Crippen LogP contribution >= 0.6 is 0 Å². The van der Waals surface area contributed by atoms with Gasteiger partial charge in [-0.05, 0) is 48.9 Å². The van der Waals surface area contributed by atoms with Crippen molar-refractivity contribution < 1.29 is 14.3 Å². The van der Waals surface area contributed by atoms with E-state index in [4.69, 9.17) is 9.47 Å². The summed E-state index contributed by atoms with van der Waals surface area (Å²) in [4.78, 5) is 15.1. The first-order valence-electron chi connectivity index (χ1n) is 9.28. The lowest BCUT2D eigenvalue weighted by Crippen LogP contribution is -2.43. The third-order valence-corrected chi connectivity index (χ3v) is 4.76. The van der Waals surface area contributed by atoms with Gasteiger partial charge in [0.25, 0.3) is 5.91 Å². The first kappa shape index (κ1) is 17.9. The second-order valence-corrected chi connectivity index (χ2v) is 6.45. The molecule has 4 rings (SSSR count). The molecule has 3 aromatic carbocycles. The number of carbonyl (C=O) groups is 1. The van der Waals surface area contributed by atoms with Crippen molar-refractivity contribution in [2.45, 2.75) is 13.1 Å². The molecule has 0 saturated heterocycles. The summed E-state index contributed by atoms with van der Waals surface area (Å²) < 4.78 is 11.1.